The van der Waals surface area contributed by atoms with Gasteiger partial charge in [0.2, 0.25) is 5.91 Å². The molecule has 0 unspecified atom stereocenters. The number of nitrogens with one attached hydrogen (secondary N) is 3. The molecule has 5 aromatic rings. The molecule has 154 valence electrons. The van der Waals surface area contributed by atoms with Gasteiger partial charge in [-0.05, 0) is 18.2 Å². The lowest BCUT2D eigenvalue weighted by atomic mass is 9.95. The first kappa shape index (κ1) is 18.9. The molecular weight excluding hydrogens is 392 g/mol. The van der Waals surface area contributed by atoms with Crippen molar-refractivity contribution < 1.29 is 4.79 Å². The van der Waals surface area contributed by atoms with Gasteiger partial charge in [0.1, 0.15) is 5.69 Å². The Morgan fingerprint density at radius 3 is 2.68 bits per heavy atom. The van der Waals surface area contributed by atoms with Crippen molar-refractivity contribution in [2.75, 3.05) is 5.32 Å². The minimum atomic E-state index is -0.496. The largest absolute Gasteiger partial charge is 0.335 e. The summed E-state index contributed by atoms with van der Waals surface area (Å²) in [5, 5.41) is 11.1. The third-order valence-electron chi connectivity index (χ3n) is 4.93. The van der Waals surface area contributed by atoms with Crippen LogP contribution in [0.25, 0.3) is 44.7 Å². The van der Waals surface area contributed by atoms with Crippen molar-refractivity contribution in [3.63, 3.8) is 0 Å². The number of hydrogen-bond donors (Lipinski definition) is 3. The van der Waals surface area contributed by atoms with Crippen LogP contribution in [0.2, 0.25) is 0 Å². The number of aromatic nitrogens is 7. The summed E-state index contributed by atoms with van der Waals surface area (Å²) in [4.78, 5) is 33.1. The summed E-state index contributed by atoms with van der Waals surface area (Å²) < 4.78 is 0. The third kappa shape index (κ3) is 3.50. The Kier molecular flexibility index (Phi) is 4.25. The molecule has 0 spiro atoms. The maximum atomic E-state index is 12.3. The van der Waals surface area contributed by atoms with E-state index in [1.54, 1.807) is 31.0 Å². The first-order valence-electron chi connectivity index (χ1n) is 9.79. The van der Waals surface area contributed by atoms with Gasteiger partial charge in [0.25, 0.3) is 0 Å². The summed E-state index contributed by atoms with van der Waals surface area (Å²) >= 11 is 0. The minimum absolute atomic E-state index is 0.0727. The average Bonchev–Trinajstić information content (AvgIpc) is 3.36. The van der Waals surface area contributed by atoms with Crippen LogP contribution in [0.3, 0.4) is 0 Å². The van der Waals surface area contributed by atoms with Crippen molar-refractivity contribution in [2.45, 2.75) is 20.8 Å². The third-order valence-corrected chi connectivity index (χ3v) is 4.93. The number of hydrogen-bond acceptors (Lipinski definition) is 6. The van der Waals surface area contributed by atoms with Crippen LogP contribution in [0.1, 0.15) is 20.8 Å². The molecule has 0 aliphatic carbocycles. The quantitative estimate of drug-likeness (QED) is 0.412. The van der Waals surface area contributed by atoms with E-state index in [-0.39, 0.29) is 5.91 Å². The molecule has 5 rings (SSSR count). The van der Waals surface area contributed by atoms with Crippen LogP contribution < -0.4 is 5.32 Å². The first-order chi connectivity index (χ1) is 14.9. The smallest absolute Gasteiger partial charge is 0.229 e. The summed E-state index contributed by atoms with van der Waals surface area (Å²) in [6, 6.07) is 5.71. The van der Waals surface area contributed by atoms with E-state index in [0.29, 0.717) is 22.9 Å². The van der Waals surface area contributed by atoms with E-state index >= 15 is 0 Å². The van der Waals surface area contributed by atoms with Crippen molar-refractivity contribution in [2.24, 2.45) is 5.41 Å². The second-order valence-electron chi connectivity index (χ2n) is 8.34. The molecule has 1 amide bonds. The maximum Gasteiger partial charge on any atom is 0.229 e. The molecule has 0 fully saturated rings. The van der Waals surface area contributed by atoms with Crippen molar-refractivity contribution in [1.29, 1.82) is 0 Å². The number of amides is 1. The molecule has 9 heteroatoms. The molecule has 5 heterocycles. The molecule has 9 nitrogen and oxygen atoms in total. The predicted octanol–water partition coefficient (Wildman–Crippen LogP) is 3.94. The SMILES string of the molecule is CC(C)(C)C(=O)Nc1cncc(-c2cnc3[nH]nc(-c4nc5ccncc5[nH]4)c3c2)c1. The molecule has 31 heavy (non-hydrogen) atoms. The van der Waals surface area contributed by atoms with E-state index in [1.807, 2.05) is 39.0 Å². The number of rotatable bonds is 3. The molecule has 0 aliphatic rings. The number of carbonyl (C=O) groups is 1. The zero-order valence-corrected chi connectivity index (χ0v) is 17.3. The molecule has 5 aromatic heterocycles. The van der Waals surface area contributed by atoms with Gasteiger partial charge in [0.15, 0.2) is 11.5 Å². The van der Waals surface area contributed by atoms with Crippen LogP contribution in [0, 0.1) is 5.41 Å². The number of nitrogens with zero attached hydrogens (tertiary/aromatic N) is 5. The lowest BCUT2D eigenvalue weighted by molar-refractivity contribution is -0.123. The molecule has 0 aliphatic heterocycles. The standard InChI is InChI=1S/C22H20N8O/c1-22(2,3)21(31)26-14-6-12(8-24-10-14)13-7-15-18(29-30-19(15)25-9-13)20-27-16-4-5-23-11-17(16)28-20/h4-11H,1-3H3,(H,26,31)(H,27,28)(H,25,29,30). The Morgan fingerprint density at radius 2 is 1.87 bits per heavy atom. The van der Waals surface area contributed by atoms with Crippen LogP contribution in [-0.4, -0.2) is 41.0 Å². The maximum absolute atomic E-state index is 12.3. The second-order valence-corrected chi connectivity index (χ2v) is 8.34. The Labute approximate surface area is 177 Å². The minimum Gasteiger partial charge on any atom is -0.335 e. The van der Waals surface area contributed by atoms with Gasteiger partial charge in [0.05, 0.1) is 34.5 Å². The lowest BCUT2D eigenvalue weighted by Gasteiger charge is -2.17. The number of carbonyl (C=O) groups excluding carboxylic acids is 1. The van der Waals surface area contributed by atoms with Gasteiger partial charge in [-0.2, -0.15) is 5.10 Å². The van der Waals surface area contributed by atoms with Crippen LogP contribution in [0.5, 0.6) is 0 Å². The van der Waals surface area contributed by atoms with E-state index < -0.39 is 5.41 Å². The summed E-state index contributed by atoms with van der Waals surface area (Å²) in [6.07, 6.45) is 8.55. The summed E-state index contributed by atoms with van der Waals surface area (Å²) in [7, 11) is 0. The predicted molar refractivity (Wildman–Crippen MR) is 118 cm³/mol. The van der Waals surface area contributed by atoms with E-state index in [2.05, 4.69) is 40.4 Å². The summed E-state index contributed by atoms with van der Waals surface area (Å²) in [5.74, 6) is 0.564. The fourth-order valence-corrected chi connectivity index (χ4v) is 3.20. The van der Waals surface area contributed by atoms with Crippen molar-refractivity contribution in [3.8, 4) is 22.6 Å². The molecular formula is C22H20N8O. The van der Waals surface area contributed by atoms with E-state index in [0.717, 1.165) is 27.5 Å². The fraction of sp³-hybridized carbons (Fsp3) is 0.182. The summed E-state index contributed by atoms with van der Waals surface area (Å²) in [5.41, 5.74) is 4.81. The van der Waals surface area contributed by atoms with Crippen LogP contribution in [0.4, 0.5) is 5.69 Å². The molecule has 0 saturated heterocycles. The summed E-state index contributed by atoms with van der Waals surface area (Å²) in [6.45, 7) is 5.60. The topological polar surface area (TPSA) is 125 Å². The van der Waals surface area contributed by atoms with Gasteiger partial charge >= 0.3 is 0 Å². The van der Waals surface area contributed by atoms with Crippen molar-refractivity contribution in [1.82, 2.24) is 35.1 Å². The fourth-order valence-electron chi connectivity index (χ4n) is 3.20. The van der Waals surface area contributed by atoms with E-state index in [9.17, 15) is 4.79 Å². The van der Waals surface area contributed by atoms with E-state index in [4.69, 9.17) is 0 Å². The lowest BCUT2D eigenvalue weighted by Crippen LogP contribution is -2.27. The first-order valence-corrected chi connectivity index (χ1v) is 9.79. The molecule has 0 aromatic carbocycles. The average molecular weight is 412 g/mol. The zero-order valence-electron chi connectivity index (χ0n) is 17.3. The Bertz CT molecular complexity index is 1390. The number of H-pyrrole nitrogens is 2. The molecule has 0 bridgehead atoms. The van der Waals surface area contributed by atoms with Gasteiger partial charge in [-0.3, -0.25) is 19.9 Å². The van der Waals surface area contributed by atoms with E-state index in [1.165, 1.54) is 0 Å². The highest BCUT2D eigenvalue weighted by Crippen LogP contribution is 2.29. The van der Waals surface area contributed by atoms with Crippen molar-refractivity contribution in [3.05, 3.63) is 49.2 Å². The highest BCUT2D eigenvalue weighted by atomic mass is 16.2. The van der Waals surface area contributed by atoms with Gasteiger partial charge < -0.3 is 10.3 Å². The Morgan fingerprint density at radius 1 is 1.03 bits per heavy atom. The normalized spacial score (nSPS) is 11.8. The number of anilines is 1. The number of pyridine rings is 3. The second kappa shape index (κ2) is 6.98. The number of aromatic amines is 2. The molecule has 0 radical (unpaired) electrons. The van der Waals surface area contributed by atoms with Crippen LogP contribution in [-0.2, 0) is 4.79 Å². The van der Waals surface area contributed by atoms with Gasteiger partial charge in [-0.15, -0.1) is 0 Å². The van der Waals surface area contributed by atoms with Gasteiger partial charge in [0, 0.05) is 35.1 Å². The van der Waals surface area contributed by atoms with Gasteiger partial charge in [-0.1, -0.05) is 20.8 Å². The molecule has 0 saturated carbocycles. The van der Waals surface area contributed by atoms with Crippen LogP contribution >= 0.6 is 0 Å². The highest BCUT2D eigenvalue weighted by molar-refractivity contribution is 5.96. The number of fused-ring (bicyclic) bond motifs is 2. The van der Waals surface area contributed by atoms with Gasteiger partial charge in [-0.25, -0.2) is 9.97 Å². The molecule has 0 atom stereocenters. The number of imidazole rings is 1. The zero-order chi connectivity index (χ0) is 21.6. The monoisotopic (exact) mass is 412 g/mol. The Balaban J connectivity index is 1.54. The van der Waals surface area contributed by atoms with Crippen molar-refractivity contribution >= 4 is 33.7 Å². The van der Waals surface area contributed by atoms with Crippen LogP contribution in [0.15, 0.2) is 49.2 Å². The highest BCUT2D eigenvalue weighted by Gasteiger charge is 2.21. The molecule has 3 N–H and O–H groups in total. The Hall–Kier alpha value is -4.14.